The second kappa shape index (κ2) is 6.05. The Hall–Kier alpha value is -2.04. The average Bonchev–Trinajstić information content (AvgIpc) is 2.30. The smallest absolute Gasteiger partial charge is 0.329 e. The minimum Gasteiger partial charge on any atom is -0.370 e. The Kier molecular flexibility index (Phi) is 4.71. The van der Waals surface area contributed by atoms with E-state index in [9.17, 15) is 4.79 Å². The first-order valence-corrected chi connectivity index (χ1v) is 5.51. The summed E-state index contributed by atoms with van der Waals surface area (Å²) in [7, 11) is 0. The van der Waals surface area contributed by atoms with Crippen LogP contribution in [0, 0.1) is 5.41 Å². The standard InChI is InChI=1S/C12H16N4O2/c1-12(2,3)11(17)18-14-8-9-4-6-10(7-5-9)15-16-13/h4-7,14H,8H2,1-3H3. The lowest BCUT2D eigenvalue weighted by Gasteiger charge is -2.16. The number of hydrogen-bond acceptors (Lipinski definition) is 4. The summed E-state index contributed by atoms with van der Waals surface area (Å²) < 4.78 is 0. The molecule has 0 fully saturated rings. The third kappa shape index (κ3) is 4.45. The predicted molar refractivity (Wildman–Crippen MR) is 67.6 cm³/mol. The first kappa shape index (κ1) is 14.0. The highest BCUT2D eigenvalue weighted by molar-refractivity contribution is 5.75. The highest BCUT2D eigenvalue weighted by Crippen LogP contribution is 2.15. The molecule has 0 heterocycles. The minimum absolute atomic E-state index is 0.312. The molecule has 18 heavy (non-hydrogen) atoms. The maximum absolute atomic E-state index is 11.5. The molecule has 0 amide bonds. The van der Waals surface area contributed by atoms with E-state index in [0.29, 0.717) is 12.2 Å². The normalized spacial score (nSPS) is 10.6. The number of benzene rings is 1. The SMILES string of the molecule is CC(C)(C)C(=O)ONCc1ccc(N=[N+]=[N-])cc1. The molecule has 0 bridgehead atoms. The van der Waals surface area contributed by atoms with E-state index in [0.717, 1.165) is 5.56 Å². The topological polar surface area (TPSA) is 87.1 Å². The summed E-state index contributed by atoms with van der Waals surface area (Å²) in [5, 5.41) is 3.46. The predicted octanol–water partition coefficient (Wildman–Crippen LogP) is 3.22. The van der Waals surface area contributed by atoms with Gasteiger partial charge in [0, 0.05) is 10.6 Å². The second-order valence-corrected chi connectivity index (χ2v) is 4.82. The zero-order valence-electron chi connectivity index (χ0n) is 10.7. The molecule has 6 nitrogen and oxygen atoms in total. The van der Waals surface area contributed by atoms with Crippen LogP contribution >= 0.6 is 0 Å². The summed E-state index contributed by atoms with van der Waals surface area (Å²) in [6.07, 6.45) is 0. The second-order valence-electron chi connectivity index (χ2n) is 4.82. The van der Waals surface area contributed by atoms with Crippen molar-refractivity contribution >= 4 is 11.7 Å². The number of rotatable bonds is 4. The molecule has 1 aromatic carbocycles. The molecule has 1 rings (SSSR count). The number of hydroxylamine groups is 1. The van der Waals surface area contributed by atoms with Gasteiger partial charge in [0.1, 0.15) is 0 Å². The average molecular weight is 248 g/mol. The monoisotopic (exact) mass is 248 g/mol. The highest BCUT2D eigenvalue weighted by atomic mass is 16.7. The van der Waals surface area contributed by atoms with Crippen LogP contribution in [0.15, 0.2) is 29.4 Å². The van der Waals surface area contributed by atoms with Crippen molar-refractivity contribution in [1.82, 2.24) is 5.48 Å². The van der Waals surface area contributed by atoms with Crippen molar-refractivity contribution in [2.75, 3.05) is 0 Å². The van der Waals surface area contributed by atoms with E-state index in [4.69, 9.17) is 10.4 Å². The molecule has 0 aliphatic heterocycles. The maximum atomic E-state index is 11.5. The van der Waals surface area contributed by atoms with Gasteiger partial charge >= 0.3 is 5.97 Å². The molecule has 0 aliphatic carbocycles. The molecule has 1 N–H and O–H groups in total. The van der Waals surface area contributed by atoms with Crippen molar-refractivity contribution in [3.63, 3.8) is 0 Å². The Morgan fingerprint density at radius 3 is 2.50 bits per heavy atom. The van der Waals surface area contributed by atoms with Crippen LogP contribution < -0.4 is 5.48 Å². The number of nitrogens with one attached hydrogen (secondary N) is 1. The lowest BCUT2D eigenvalue weighted by molar-refractivity contribution is -0.161. The number of carbonyl (C=O) groups excluding carboxylic acids is 1. The van der Waals surface area contributed by atoms with Gasteiger partial charge in [0.05, 0.1) is 12.0 Å². The lowest BCUT2D eigenvalue weighted by Crippen LogP contribution is -2.29. The van der Waals surface area contributed by atoms with Gasteiger partial charge in [-0.05, 0) is 31.9 Å². The minimum atomic E-state index is -0.529. The van der Waals surface area contributed by atoms with Gasteiger partial charge in [-0.1, -0.05) is 29.4 Å². The van der Waals surface area contributed by atoms with Gasteiger partial charge in [0.25, 0.3) is 0 Å². The summed E-state index contributed by atoms with van der Waals surface area (Å²) in [6, 6.07) is 6.98. The Bertz CT molecular complexity index is 456. The van der Waals surface area contributed by atoms with E-state index in [-0.39, 0.29) is 5.97 Å². The van der Waals surface area contributed by atoms with Gasteiger partial charge < -0.3 is 4.84 Å². The van der Waals surface area contributed by atoms with Crippen LogP contribution in [0.5, 0.6) is 0 Å². The van der Waals surface area contributed by atoms with E-state index < -0.39 is 5.41 Å². The van der Waals surface area contributed by atoms with Crippen molar-refractivity contribution in [2.24, 2.45) is 10.5 Å². The van der Waals surface area contributed by atoms with Gasteiger partial charge in [-0.25, -0.2) is 4.79 Å². The molecule has 0 aromatic heterocycles. The first-order valence-electron chi connectivity index (χ1n) is 5.51. The summed E-state index contributed by atoms with van der Waals surface area (Å²) in [6.45, 7) is 5.75. The summed E-state index contributed by atoms with van der Waals surface area (Å²) >= 11 is 0. The molecule has 0 atom stereocenters. The van der Waals surface area contributed by atoms with E-state index in [1.807, 2.05) is 0 Å². The maximum Gasteiger partial charge on any atom is 0.329 e. The number of hydrogen-bond donors (Lipinski definition) is 1. The van der Waals surface area contributed by atoms with Crippen LogP contribution in [-0.4, -0.2) is 5.97 Å². The van der Waals surface area contributed by atoms with Crippen LogP contribution in [0.3, 0.4) is 0 Å². The van der Waals surface area contributed by atoms with Crippen molar-refractivity contribution in [3.8, 4) is 0 Å². The fourth-order valence-corrected chi connectivity index (χ4v) is 1.07. The Labute approximate surface area is 106 Å². The van der Waals surface area contributed by atoms with Crippen LogP contribution in [0.25, 0.3) is 10.4 Å². The third-order valence-electron chi connectivity index (χ3n) is 2.15. The molecular weight excluding hydrogens is 232 g/mol. The fourth-order valence-electron chi connectivity index (χ4n) is 1.07. The lowest BCUT2D eigenvalue weighted by atomic mass is 9.98. The van der Waals surface area contributed by atoms with Crippen molar-refractivity contribution in [1.29, 1.82) is 0 Å². The quantitative estimate of drug-likeness (QED) is 0.384. The molecule has 0 unspecified atom stereocenters. The van der Waals surface area contributed by atoms with Crippen LogP contribution in [0.2, 0.25) is 0 Å². The van der Waals surface area contributed by atoms with E-state index in [1.165, 1.54) is 0 Å². The van der Waals surface area contributed by atoms with E-state index in [1.54, 1.807) is 45.0 Å². The Morgan fingerprint density at radius 2 is 2.00 bits per heavy atom. The molecule has 0 aliphatic rings. The largest absolute Gasteiger partial charge is 0.370 e. The fraction of sp³-hybridized carbons (Fsp3) is 0.417. The Balaban J connectivity index is 2.45. The molecule has 0 saturated heterocycles. The van der Waals surface area contributed by atoms with Gasteiger partial charge in [0.15, 0.2) is 0 Å². The van der Waals surface area contributed by atoms with Crippen molar-refractivity contribution < 1.29 is 9.63 Å². The van der Waals surface area contributed by atoms with Gasteiger partial charge in [-0.3, -0.25) is 0 Å². The molecule has 6 heteroatoms. The number of azide groups is 1. The molecule has 0 radical (unpaired) electrons. The molecule has 0 saturated carbocycles. The molecule has 0 spiro atoms. The highest BCUT2D eigenvalue weighted by Gasteiger charge is 2.23. The van der Waals surface area contributed by atoms with E-state index in [2.05, 4.69) is 15.5 Å². The van der Waals surface area contributed by atoms with Gasteiger partial charge in [-0.15, -0.1) is 5.48 Å². The molecular formula is C12H16N4O2. The summed E-state index contributed by atoms with van der Waals surface area (Å²) in [5.41, 5.74) is 11.8. The molecule has 1 aromatic rings. The summed E-state index contributed by atoms with van der Waals surface area (Å²) in [5.74, 6) is -0.312. The Morgan fingerprint density at radius 1 is 1.39 bits per heavy atom. The van der Waals surface area contributed by atoms with Gasteiger partial charge in [-0.2, -0.15) is 0 Å². The third-order valence-corrected chi connectivity index (χ3v) is 2.15. The van der Waals surface area contributed by atoms with Crippen molar-refractivity contribution in [3.05, 3.63) is 40.3 Å². The van der Waals surface area contributed by atoms with E-state index >= 15 is 0 Å². The van der Waals surface area contributed by atoms with Crippen LogP contribution in [-0.2, 0) is 16.2 Å². The zero-order chi connectivity index (χ0) is 13.6. The van der Waals surface area contributed by atoms with Crippen molar-refractivity contribution in [2.45, 2.75) is 27.3 Å². The summed E-state index contributed by atoms with van der Waals surface area (Å²) in [4.78, 5) is 19.1. The first-order chi connectivity index (χ1) is 8.43. The number of carbonyl (C=O) groups is 1. The van der Waals surface area contributed by atoms with Gasteiger partial charge in [0.2, 0.25) is 0 Å². The molecule has 96 valence electrons. The zero-order valence-corrected chi connectivity index (χ0v) is 10.7. The van der Waals surface area contributed by atoms with Crippen LogP contribution in [0.1, 0.15) is 26.3 Å². The number of nitrogens with zero attached hydrogens (tertiary/aromatic N) is 3. The van der Waals surface area contributed by atoms with Crippen LogP contribution in [0.4, 0.5) is 5.69 Å².